The molecule has 0 bridgehead atoms. The van der Waals surface area contributed by atoms with Gasteiger partial charge in [-0.3, -0.25) is 9.59 Å². The number of aryl methyl sites for hydroxylation is 1. The van der Waals surface area contributed by atoms with Crippen molar-refractivity contribution >= 4 is 34.1 Å². The maximum absolute atomic E-state index is 12.3. The van der Waals surface area contributed by atoms with E-state index < -0.39 is 17.9 Å². The highest BCUT2D eigenvalue weighted by atomic mass is 32.1. The van der Waals surface area contributed by atoms with Gasteiger partial charge >= 0.3 is 5.97 Å². The van der Waals surface area contributed by atoms with Crippen LogP contribution in [-0.4, -0.2) is 42.6 Å². The quantitative estimate of drug-likeness (QED) is 0.703. The molecule has 0 saturated heterocycles. The third-order valence-corrected chi connectivity index (χ3v) is 3.81. The molecule has 122 valence electrons. The molecule has 1 heterocycles. The molecule has 0 aliphatic carbocycles. The molecule has 1 aromatic heterocycles. The van der Waals surface area contributed by atoms with Gasteiger partial charge in [-0.15, -0.1) is 11.3 Å². The minimum Gasteiger partial charge on any atom is -0.480 e. The van der Waals surface area contributed by atoms with E-state index in [2.05, 4.69) is 10.6 Å². The molecule has 3 N–H and O–H groups in total. The summed E-state index contributed by atoms with van der Waals surface area (Å²) < 4.78 is 4.72. The highest BCUT2D eigenvalue weighted by Crippen LogP contribution is 2.27. The zero-order chi connectivity index (χ0) is 16.9. The first-order valence-corrected chi connectivity index (χ1v) is 7.50. The average molecular weight is 328 g/mol. The van der Waals surface area contributed by atoms with E-state index in [1.54, 1.807) is 26.8 Å². The highest BCUT2D eigenvalue weighted by molar-refractivity contribution is 7.16. The fourth-order valence-corrected chi connectivity index (χ4v) is 2.73. The molecule has 7 nitrogen and oxygen atoms in total. The molecule has 1 rings (SSSR count). The van der Waals surface area contributed by atoms with E-state index in [-0.39, 0.29) is 24.0 Å². The van der Waals surface area contributed by atoms with Crippen molar-refractivity contribution in [2.45, 2.75) is 26.8 Å². The number of carboxylic acids is 1. The van der Waals surface area contributed by atoms with Gasteiger partial charge in [0.15, 0.2) is 0 Å². The second-order valence-corrected chi connectivity index (χ2v) is 6.37. The zero-order valence-corrected chi connectivity index (χ0v) is 13.7. The molecule has 8 heteroatoms. The average Bonchev–Trinajstić information content (AvgIpc) is 2.76. The van der Waals surface area contributed by atoms with Crippen molar-refractivity contribution in [2.75, 3.05) is 19.0 Å². The Hall–Kier alpha value is -1.93. The summed E-state index contributed by atoms with van der Waals surface area (Å²) in [5.74, 6) is -2.26. The van der Waals surface area contributed by atoms with E-state index in [9.17, 15) is 14.4 Å². The Morgan fingerprint density at radius 2 is 2.00 bits per heavy atom. The van der Waals surface area contributed by atoms with Crippen LogP contribution in [0.4, 0.5) is 5.00 Å². The number of amides is 2. The van der Waals surface area contributed by atoms with E-state index in [0.717, 1.165) is 4.88 Å². The summed E-state index contributed by atoms with van der Waals surface area (Å²) in [4.78, 5) is 35.9. The molecule has 0 spiro atoms. The summed E-state index contributed by atoms with van der Waals surface area (Å²) in [5, 5.41) is 14.6. The monoisotopic (exact) mass is 328 g/mol. The molecule has 0 aromatic carbocycles. The number of nitrogens with one attached hydrogen (secondary N) is 2. The molecule has 0 saturated carbocycles. The maximum atomic E-state index is 12.3. The summed E-state index contributed by atoms with van der Waals surface area (Å²) in [5.41, 5.74) is 0.249. The van der Waals surface area contributed by atoms with Crippen molar-refractivity contribution in [3.63, 3.8) is 0 Å². The van der Waals surface area contributed by atoms with Crippen LogP contribution in [0.25, 0.3) is 0 Å². The van der Waals surface area contributed by atoms with Gasteiger partial charge in [0.05, 0.1) is 5.56 Å². The Balaban J connectivity index is 2.93. The third-order valence-electron chi connectivity index (χ3n) is 2.85. The van der Waals surface area contributed by atoms with Crippen LogP contribution in [0, 0.1) is 12.8 Å². The molecule has 0 aliphatic rings. The van der Waals surface area contributed by atoms with E-state index in [0.29, 0.717) is 5.00 Å². The summed E-state index contributed by atoms with van der Waals surface area (Å²) in [6, 6.07) is 0.622. The second kappa shape index (κ2) is 7.90. The van der Waals surface area contributed by atoms with Crippen LogP contribution in [-0.2, 0) is 14.3 Å². The van der Waals surface area contributed by atoms with Gasteiger partial charge in [0.2, 0.25) is 0 Å². The number of carbonyl (C=O) groups is 3. The van der Waals surface area contributed by atoms with Crippen molar-refractivity contribution in [1.29, 1.82) is 0 Å². The van der Waals surface area contributed by atoms with Crippen LogP contribution in [0.5, 0.6) is 0 Å². The maximum Gasteiger partial charge on any atom is 0.326 e. The number of carboxylic acid groups (broad SMARTS) is 1. The van der Waals surface area contributed by atoms with Crippen molar-refractivity contribution in [2.24, 2.45) is 5.92 Å². The molecule has 0 radical (unpaired) electrons. The normalized spacial score (nSPS) is 12.0. The molecule has 0 fully saturated rings. The van der Waals surface area contributed by atoms with Crippen LogP contribution in [0.1, 0.15) is 29.1 Å². The zero-order valence-electron chi connectivity index (χ0n) is 12.9. The lowest BCUT2D eigenvalue weighted by Gasteiger charge is -2.18. The Bertz CT molecular complexity index is 568. The van der Waals surface area contributed by atoms with Crippen LogP contribution in [0.15, 0.2) is 6.07 Å². The number of aliphatic carboxylic acids is 1. The summed E-state index contributed by atoms with van der Waals surface area (Å²) >= 11 is 1.24. The molecule has 2 amide bonds. The Morgan fingerprint density at radius 3 is 2.50 bits per heavy atom. The first-order chi connectivity index (χ1) is 10.3. The molecule has 0 aliphatic heterocycles. The van der Waals surface area contributed by atoms with E-state index in [1.807, 2.05) is 0 Å². The lowest BCUT2D eigenvalue weighted by Crippen LogP contribution is -2.44. The molecule has 1 unspecified atom stereocenters. The van der Waals surface area contributed by atoms with Crippen molar-refractivity contribution in [3.8, 4) is 0 Å². The predicted octanol–water partition coefficient (Wildman–Crippen LogP) is 1.48. The Kier molecular flexibility index (Phi) is 6.51. The number of hydrogen-bond acceptors (Lipinski definition) is 5. The lowest BCUT2D eigenvalue weighted by molar-refractivity contribution is -0.140. The fraction of sp³-hybridized carbons (Fsp3) is 0.500. The van der Waals surface area contributed by atoms with Crippen molar-refractivity contribution in [3.05, 3.63) is 16.5 Å². The number of carbonyl (C=O) groups excluding carboxylic acids is 2. The van der Waals surface area contributed by atoms with Gasteiger partial charge in [-0.25, -0.2) is 4.79 Å². The van der Waals surface area contributed by atoms with E-state index in [1.165, 1.54) is 18.4 Å². The van der Waals surface area contributed by atoms with Gasteiger partial charge in [-0.2, -0.15) is 0 Å². The van der Waals surface area contributed by atoms with Crippen LogP contribution >= 0.6 is 11.3 Å². The number of rotatable bonds is 7. The number of anilines is 1. The Morgan fingerprint density at radius 1 is 1.36 bits per heavy atom. The summed E-state index contributed by atoms with van der Waals surface area (Å²) in [6.45, 7) is 5.09. The SMILES string of the molecule is COCC(=O)Nc1sc(C)cc1C(=O)NC(C(=O)O)C(C)C. The predicted molar refractivity (Wildman–Crippen MR) is 83.3 cm³/mol. The number of methoxy groups -OCH3 is 1. The van der Waals surface area contributed by atoms with Crippen molar-refractivity contribution in [1.82, 2.24) is 5.32 Å². The van der Waals surface area contributed by atoms with Crippen LogP contribution in [0.2, 0.25) is 0 Å². The fourth-order valence-electron chi connectivity index (χ4n) is 1.80. The first-order valence-electron chi connectivity index (χ1n) is 6.69. The van der Waals surface area contributed by atoms with Gasteiger partial charge in [0.25, 0.3) is 11.8 Å². The minimum atomic E-state index is -1.10. The molecular weight excluding hydrogens is 308 g/mol. The topological polar surface area (TPSA) is 105 Å². The molecule has 22 heavy (non-hydrogen) atoms. The van der Waals surface area contributed by atoms with Gasteiger partial charge in [-0.1, -0.05) is 13.8 Å². The van der Waals surface area contributed by atoms with Gasteiger partial charge in [0, 0.05) is 12.0 Å². The first kappa shape index (κ1) is 18.1. The van der Waals surface area contributed by atoms with E-state index in [4.69, 9.17) is 9.84 Å². The van der Waals surface area contributed by atoms with Gasteiger partial charge in [0.1, 0.15) is 17.6 Å². The van der Waals surface area contributed by atoms with Gasteiger partial charge in [-0.05, 0) is 18.9 Å². The number of hydrogen-bond donors (Lipinski definition) is 3. The minimum absolute atomic E-state index is 0.123. The van der Waals surface area contributed by atoms with E-state index >= 15 is 0 Å². The summed E-state index contributed by atoms with van der Waals surface area (Å²) in [6.07, 6.45) is 0. The summed E-state index contributed by atoms with van der Waals surface area (Å²) in [7, 11) is 1.40. The highest BCUT2D eigenvalue weighted by Gasteiger charge is 2.26. The Labute approximate surface area is 132 Å². The van der Waals surface area contributed by atoms with Gasteiger partial charge < -0.3 is 20.5 Å². The van der Waals surface area contributed by atoms with Crippen molar-refractivity contribution < 1.29 is 24.2 Å². The number of ether oxygens (including phenoxy) is 1. The standard InChI is InChI=1S/C14H20N2O5S/c1-7(2)11(14(19)20)16-12(18)9-5-8(3)22-13(9)15-10(17)6-21-4/h5,7,11H,6H2,1-4H3,(H,15,17)(H,16,18)(H,19,20). The van der Waals surface area contributed by atoms with Crippen LogP contribution < -0.4 is 10.6 Å². The smallest absolute Gasteiger partial charge is 0.326 e. The molecule has 1 atom stereocenters. The molecule has 1 aromatic rings. The lowest BCUT2D eigenvalue weighted by atomic mass is 10.0. The third kappa shape index (κ3) is 4.81. The largest absolute Gasteiger partial charge is 0.480 e. The second-order valence-electron chi connectivity index (χ2n) is 5.11. The number of thiophene rings is 1. The molecular formula is C14H20N2O5S. The van der Waals surface area contributed by atoms with Crippen LogP contribution in [0.3, 0.4) is 0 Å².